The van der Waals surface area contributed by atoms with Crippen molar-refractivity contribution in [2.75, 3.05) is 26.8 Å². The molecule has 1 aliphatic heterocycles. The molecule has 0 radical (unpaired) electrons. The van der Waals surface area contributed by atoms with E-state index >= 15 is 0 Å². The second-order valence-electron chi connectivity index (χ2n) is 4.76. The molecule has 0 spiro atoms. The number of carboxylic acid groups (broad SMARTS) is 1. The third-order valence-electron chi connectivity index (χ3n) is 3.21. The van der Waals surface area contributed by atoms with Crippen molar-refractivity contribution in [1.82, 2.24) is 4.31 Å². The van der Waals surface area contributed by atoms with Gasteiger partial charge in [-0.2, -0.15) is 4.31 Å². The molecular formula is C12H17NO5S2. The van der Waals surface area contributed by atoms with Gasteiger partial charge in [-0.1, -0.05) is 0 Å². The zero-order valence-corrected chi connectivity index (χ0v) is 12.7. The van der Waals surface area contributed by atoms with Gasteiger partial charge >= 0.3 is 5.97 Å². The third-order valence-corrected chi connectivity index (χ3v) is 6.63. The number of rotatable bonds is 6. The highest BCUT2D eigenvalue weighted by atomic mass is 32.2. The van der Waals surface area contributed by atoms with Gasteiger partial charge in [0.05, 0.1) is 13.0 Å². The first kappa shape index (κ1) is 15.4. The van der Waals surface area contributed by atoms with Crippen LogP contribution in [0.15, 0.2) is 16.3 Å². The Morgan fingerprint density at radius 2 is 2.30 bits per heavy atom. The maximum atomic E-state index is 12.4. The van der Waals surface area contributed by atoms with Crippen molar-refractivity contribution in [1.29, 1.82) is 0 Å². The average molecular weight is 319 g/mol. The number of hydrogen-bond donors (Lipinski definition) is 1. The number of thiophene rings is 1. The van der Waals surface area contributed by atoms with Crippen molar-refractivity contribution in [3.05, 3.63) is 17.0 Å². The van der Waals surface area contributed by atoms with Crippen LogP contribution in [0.2, 0.25) is 0 Å². The van der Waals surface area contributed by atoms with Crippen molar-refractivity contribution in [3.63, 3.8) is 0 Å². The number of carbonyl (C=O) groups is 1. The van der Waals surface area contributed by atoms with Crippen LogP contribution >= 0.6 is 11.3 Å². The average Bonchev–Trinajstić information content (AvgIpc) is 2.98. The van der Waals surface area contributed by atoms with E-state index in [1.54, 1.807) is 13.2 Å². The maximum absolute atomic E-state index is 12.4. The fraction of sp³-hybridized carbons (Fsp3) is 0.583. The summed E-state index contributed by atoms with van der Waals surface area (Å²) < 4.78 is 31.6. The first-order valence-corrected chi connectivity index (χ1v) is 8.48. The molecule has 2 rings (SSSR count). The Morgan fingerprint density at radius 1 is 1.55 bits per heavy atom. The molecule has 1 aliphatic rings. The minimum atomic E-state index is -3.50. The normalized spacial score (nSPS) is 20.4. The first-order valence-electron chi connectivity index (χ1n) is 6.23. The Kier molecular flexibility index (Phi) is 4.79. The second-order valence-corrected chi connectivity index (χ2v) is 8.10. The number of nitrogens with zero attached hydrogens (tertiary/aromatic N) is 1. The monoisotopic (exact) mass is 319 g/mol. The zero-order chi connectivity index (χ0) is 14.8. The van der Waals surface area contributed by atoms with Gasteiger partial charge in [-0.3, -0.25) is 4.79 Å². The molecule has 0 aliphatic carbocycles. The van der Waals surface area contributed by atoms with Crippen LogP contribution in [-0.4, -0.2) is 50.6 Å². The van der Waals surface area contributed by atoms with Crippen LogP contribution in [0.3, 0.4) is 0 Å². The number of hydrogen-bond acceptors (Lipinski definition) is 5. The summed E-state index contributed by atoms with van der Waals surface area (Å²) in [7, 11) is -1.90. The van der Waals surface area contributed by atoms with Crippen molar-refractivity contribution >= 4 is 27.3 Å². The van der Waals surface area contributed by atoms with Crippen LogP contribution in [0.1, 0.15) is 11.3 Å². The Balaban J connectivity index is 2.11. The molecule has 1 unspecified atom stereocenters. The molecule has 0 saturated carbocycles. The number of carboxylic acids is 1. The highest BCUT2D eigenvalue weighted by Gasteiger charge is 2.33. The lowest BCUT2D eigenvalue weighted by Gasteiger charge is -2.15. The van der Waals surface area contributed by atoms with E-state index in [9.17, 15) is 13.2 Å². The summed E-state index contributed by atoms with van der Waals surface area (Å²) in [5.41, 5.74) is 0. The van der Waals surface area contributed by atoms with Gasteiger partial charge in [-0.15, -0.1) is 11.3 Å². The summed E-state index contributed by atoms with van der Waals surface area (Å²) >= 11 is 1.03. The van der Waals surface area contributed by atoms with E-state index in [1.807, 2.05) is 0 Å². The summed E-state index contributed by atoms with van der Waals surface area (Å²) in [6, 6.07) is 3.05. The van der Waals surface area contributed by atoms with Crippen LogP contribution in [0.4, 0.5) is 0 Å². The molecule has 1 fully saturated rings. The predicted octanol–water partition coefficient (Wildman–Crippen LogP) is 1.03. The summed E-state index contributed by atoms with van der Waals surface area (Å²) in [6.45, 7) is 1.51. The number of aliphatic carboxylic acids is 1. The van der Waals surface area contributed by atoms with E-state index in [0.717, 1.165) is 17.8 Å². The van der Waals surface area contributed by atoms with Gasteiger partial charge in [0.2, 0.25) is 0 Å². The van der Waals surface area contributed by atoms with Crippen LogP contribution in [0.25, 0.3) is 0 Å². The van der Waals surface area contributed by atoms with E-state index in [1.165, 1.54) is 10.4 Å². The topological polar surface area (TPSA) is 83.9 Å². The minimum Gasteiger partial charge on any atom is -0.481 e. The molecule has 0 aromatic carbocycles. The number of sulfonamides is 1. The molecule has 1 saturated heterocycles. The van der Waals surface area contributed by atoms with Gasteiger partial charge in [0.25, 0.3) is 10.0 Å². The van der Waals surface area contributed by atoms with Crippen molar-refractivity contribution < 1.29 is 23.1 Å². The van der Waals surface area contributed by atoms with E-state index in [4.69, 9.17) is 9.84 Å². The number of methoxy groups -OCH3 is 1. The SMILES string of the molecule is COCC1CCN(S(=O)(=O)c2ccc(CC(=O)O)s2)C1. The third kappa shape index (κ3) is 3.38. The van der Waals surface area contributed by atoms with Crippen molar-refractivity contribution in [2.24, 2.45) is 5.92 Å². The number of ether oxygens (including phenoxy) is 1. The molecule has 6 nitrogen and oxygen atoms in total. The van der Waals surface area contributed by atoms with E-state index < -0.39 is 16.0 Å². The zero-order valence-electron chi connectivity index (χ0n) is 11.1. The molecule has 1 atom stereocenters. The molecule has 8 heteroatoms. The Labute approximate surface area is 122 Å². The predicted molar refractivity (Wildman–Crippen MR) is 74.4 cm³/mol. The molecular weight excluding hydrogens is 302 g/mol. The van der Waals surface area contributed by atoms with Crippen LogP contribution < -0.4 is 0 Å². The molecule has 0 bridgehead atoms. The van der Waals surface area contributed by atoms with Gasteiger partial charge in [0.1, 0.15) is 4.21 Å². The lowest BCUT2D eigenvalue weighted by Crippen LogP contribution is -2.28. The van der Waals surface area contributed by atoms with Gasteiger partial charge < -0.3 is 9.84 Å². The van der Waals surface area contributed by atoms with Crippen LogP contribution in [-0.2, 0) is 26.0 Å². The highest BCUT2D eigenvalue weighted by molar-refractivity contribution is 7.91. The van der Waals surface area contributed by atoms with Gasteiger partial charge in [0.15, 0.2) is 0 Å². The largest absolute Gasteiger partial charge is 0.481 e. The summed E-state index contributed by atoms with van der Waals surface area (Å²) in [5.74, 6) is -0.731. The molecule has 1 aromatic rings. The lowest BCUT2D eigenvalue weighted by molar-refractivity contribution is -0.136. The van der Waals surface area contributed by atoms with E-state index in [0.29, 0.717) is 24.6 Å². The Bertz CT molecular complexity index is 580. The standard InChI is InChI=1S/C12H17NO5S2/c1-18-8-9-4-5-13(7-9)20(16,17)12-3-2-10(19-12)6-11(14)15/h2-3,9H,4-8H2,1H3,(H,14,15). The summed E-state index contributed by atoms with van der Waals surface area (Å²) in [4.78, 5) is 11.2. The molecule has 20 heavy (non-hydrogen) atoms. The van der Waals surface area contributed by atoms with Crippen molar-refractivity contribution in [3.8, 4) is 0 Å². The molecule has 1 N–H and O–H groups in total. The summed E-state index contributed by atoms with van der Waals surface area (Å²) in [6.07, 6.45) is 0.646. The minimum absolute atomic E-state index is 0.146. The van der Waals surface area contributed by atoms with Gasteiger partial charge in [-0.25, -0.2) is 8.42 Å². The lowest BCUT2D eigenvalue weighted by atomic mass is 10.1. The molecule has 0 amide bonds. The maximum Gasteiger partial charge on any atom is 0.308 e. The smallest absolute Gasteiger partial charge is 0.308 e. The summed E-state index contributed by atoms with van der Waals surface area (Å²) in [5, 5.41) is 8.72. The fourth-order valence-corrected chi connectivity index (χ4v) is 5.29. The fourth-order valence-electron chi connectivity index (χ4n) is 2.26. The molecule has 2 heterocycles. The first-order chi connectivity index (χ1) is 9.43. The van der Waals surface area contributed by atoms with Crippen LogP contribution in [0.5, 0.6) is 0 Å². The van der Waals surface area contributed by atoms with E-state index in [2.05, 4.69) is 0 Å². The highest BCUT2D eigenvalue weighted by Crippen LogP contribution is 2.29. The van der Waals surface area contributed by atoms with Crippen molar-refractivity contribution in [2.45, 2.75) is 17.1 Å². The molecule has 1 aromatic heterocycles. The molecule has 112 valence electrons. The van der Waals surface area contributed by atoms with Gasteiger partial charge in [-0.05, 0) is 24.5 Å². The second kappa shape index (κ2) is 6.21. The quantitative estimate of drug-likeness (QED) is 0.847. The Morgan fingerprint density at radius 3 is 2.95 bits per heavy atom. The van der Waals surface area contributed by atoms with E-state index in [-0.39, 0.29) is 16.5 Å². The van der Waals surface area contributed by atoms with Gasteiger partial charge in [0, 0.05) is 25.1 Å². The van der Waals surface area contributed by atoms with Crippen LogP contribution in [0, 0.1) is 5.92 Å². The Hall–Kier alpha value is -0.960.